The Balaban J connectivity index is 1.80. The molecule has 0 heterocycles. The van der Waals surface area contributed by atoms with E-state index in [1.54, 1.807) is 31.4 Å². The molecule has 0 N–H and O–H groups in total. The third-order valence-corrected chi connectivity index (χ3v) is 4.29. The average Bonchev–Trinajstić information content (AvgIpc) is 2.58. The van der Waals surface area contributed by atoms with Gasteiger partial charge in [-0.1, -0.05) is 0 Å². The van der Waals surface area contributed by atoms with Crippen LogP contribution in [0.15, 0.2) is 53.4 Å². The molecular formula is C17H18O6S. The van der Waals surface area contributed by atoms with Crippen LogP contribution in [0.3, 0.4) is 0 Å². The summed E-state index contributed by atoms with van der Waals surface area (Å²) in [6.45, 7) is 0.290. The molecule has 0 bridgehead atoms. The number of sulfone groups is 1. The van der Waals surface area contributed by atoms with Crippen molar-refractivity contribution in [1.29, 1.82) is 0 Å². The fraction of sp³-hybridized carbons (Fsp3) is 0.235. The van der Waals surface area contributed by atoms with Gasteiger partial charge in [-0.15, -0.1) is 0 Å². The molecule has 2 rings (SSSR count). The lowest BCUT2D eigenvalue weighted by Crippen LogP contribution is -2.12. The van der Waals surface area contributed by atoms with Gasteiger partial charge >= 0.3 is 5.97 Å². The van der Waals surface area contributed by atoms with Gasteiger partial charge in [0.1, 0.15) is 24.7 Å². The maximum absolute atomic E-state index is 11.9. The first-order valence-corrected chi connectivity index (χ1v) is 9.03. The summed E-state index contributed by atoms with van der Waals surface area (Å²) in [5.41, 5.74) is 0.284. The summed E-state index contributed by atoms with van der Waals surface area (Å²) in [5, 5.41) is 0. The molecule has 128 valence electrons. The SMILES string of the molecule is COc1ccc(OCCOC(=O)c2ccc(S(C)(=O)=O)cc2)cc1. The van der Waals surface area contributed by atoms with E-state index in [-0.39, 0.29) is 23.7 Å². The average molecular weight is 350 g/mol. The predicted octanol–water partition coefficient (Wildman–Crippen LogP) is 2.33. The maximum atomic E-state index is 11.9. The zero-order valence-electron chi connectivity index (χ0n) is 13.4. The van der Waals surface area contributed by atoms with E-state index in [1.165, 1.54) is 24.3 Å². The van der Waals surface area contributed by atoms with Crippen molar-refractivity contribution >= 4 is 15.8 Å². The molecule has 0 aliphatic rings. The number of carbonyl (C=O) groups excluding carboxylic acids is 1. The summed E-state index contributed by atoms with van der Waals surface area (Å²) >= 11 is 0. The second-order valence-electron chi connectivity index (χ2n) is 4.96. The second-order valence-corrected chi connectivity index (χ2v) is 6.97. The van der Waals surface area contributed by atoms with Crippen molar-refractivity contribution in [3.05, 3.63) is 54.1 Å². The quantitative estimate of drug-likeness (QED) is 0.563. The first-order chi connectivity index (χ1) is 11.4. The number of benzene rings is 2. The van der Waals surface area contributed by atoms with Crippen LogP contribution in [0.25, 0.3) is 0 Å². The lowest BCUT2D eigenvalue weighted by molar-refractivity contribution is 0.0450. The summed E-state index contributed by atoms with van der Waals surface area (Å²) < 4.78 is 38.3. The van der Waals surface area contributed by atoms with Gasteiger partial charge in [0.2, 0.25) is 0 Å². The number of methoxy groups -OCH3 is 1. The van der Waals surface area contributed by atoms with Gasteiger partial charge in [-0.25, -0.2) is 13.2 Å². The van der Waals surface area contributed by atoms with E-state index in [4.69, 9.17) is 14.2 Å². The molecule has 0 spiro atoms. The largest absolute Gasteiger partial charge is 0.497 e. The third-order valence-electron chi connectivity index (χ3n) is 3.16. The standard InChI is InChI=1S/C17H18O6S/c1-21-14-5-7-15(8-6-14)22-11-12-23-17(18)13-3-9-16(10-4-13)24(2,19)20/h3-10H,11-12H2,1-2H3. The number of esters is 1. The zero-order valence-corrected chi connectivity index (χ0v) is 14.2. The Morgan fingerprint density at radius 1 is 0.917 bits per heavy atom. The van der Waals surface area contributed by atoms with Crippen LogP contribution in [0.2, 0.25) is 0 Å². The first-order valence-electron chi connectivity index (χ1n) is 7.14. The van der Waals surface area contributed by atoms with Crippen LogP contribution >= 0.6 is 0 Å². The van der Waals surface area contributed by atoms with E-state index < -0.39 is 15.8 Å². The molecule has 0 aliphatic carbocycles. The minimum Gasteiger partial charge on any atom is -0.497 e. The van der Waals surface area contributed by atoms with Gasteiger partial charge in [0, 0.05) is 6.26 Å². The predicted molar refractivity (Wildman–Crippen MR) is 88.3 cm³/mol. The van der Waals surface area contributed by atoms with E-state index in [0.717, 1.165) is 12.0 Å². The van der Waals surface area contributed by atoms with Crippen molar-refractivity contribution in [3.8, 4) is 11.5 Å². The molecule has 0 amide bonds. The van der Waals surface area contributed by atoms with Crippen molar-refractivity contribution in [3.63, 3.8) is 0 Å². The van der Waals surface area contributed by atoms with E-state index in [2.05, 4.69) is 0 Å². The van der Waals surface area contributed by atoms with Gasteiger partial charge in [-0.05, 0) is 48.5 Å². The summed E-state index contributed by atoms with van der Waals surface area (Å²) in [6.07, 6.45) is 1.11. The molecule has 0 saturated carbocycles. The van der Waals surface area contributed by atoms with Gasteiger partial charge in [-0.3, -0.25) is 0 Å². The van der Waals surface area contributed by atoms with Crippen molar-refractivity contribution < 1.29 is 27.4 Å². The zero-order chi connectivity index (χ0) is 17.6. The number of rotatable bonds is 7. The first kappa shape index (κ1) is 17.8. The Morgan fingerprint density at radius 3 is 2.04 bits per heavy atom. The highest BCUT2D eigenvalue weighted by Crippen LogP contribution is 2.17. The lowest BCUT2D eigenvalue weighted by atomic mass is 10.2. The van der Waals surface area contributed by atoms with Crippen molar-refractivity contribution in [1.82, 2.24) is 0 Å². The molecule has 0 aromatic heterocycles. The van der Waals surface area contributed by atoms with Gasteiger partial charge in [0.05, 0.1) is 17.6 Å². The van der Waals surface area contributed by atoms with Crippen LogP contribution in [-0.2, 0) is 14.6 Å². The van der Waals surface area contributed by atoms with Gasteiger partial charge in [0.25, 0.3) is 0 Å². The van der Waals surface area contributed by atoms with Crippen molar-refractivity contribution in [2.45, 2.75) is 4.90 Å². The minimum atomic E-state index is -3.28. The van der Waals surface area contributed by atoms with Gasteiger partial charge < -0.3 is 14.2 Å². The van der Waals surface area contributed by atoms with Crippen LogP contribution in [0.4, 0.5) is 0 Å². The van der Waals surface area contributed by atoms with Gasteiger partial charge in [-0.2, -0.15) is 0 Å². The smallest absolute Gasteiger partial charge is 0.338 e. The molecule has 0 aliphatic heterocycles. The minimum absolute atomic E-state index is 0.0820. The number of hydrogen-bond acceptors (Lipinski definition) is 6. The maximum Gasteiger partial charge on any atom is 0.338 e. The Morgan fingerprint density at radius 2 is 1.50 bits per heavy atom. The monoisotopic (exact) mass is 350 g/mol. The Bertz CT molecular complexity index is 779. The molecule has 0 radical (unpaired) electrons. The Kier molecular flexibility index (Phi) is 5.81. The Hall–Kier alpha value is -2.54. The molecule has 24 heavy (non-hydrogen) atoms. The van der Waals surface area contributed by atoms with Crippen LogP contribution in [0, 0.1) is 0 Å². The van der Waals surface area contributed by atoms with Crippen LogP contribution in [-0.4, -0.2) is 41.0 Å². The molecule has 0 fully saturated rings. The van der Waals surface area contributed by atoms with Crippen LogP contribution in [0.5, 0.6) is 11.5 Å². The Labute approximate surface area is 140 Å². The third kappa shape index (κ3) is 4.99. The van der Waals surface area contributed by atoms with Crippen molar-refractivity contribution in [2.24, 2.45) is 0 Å². The van der Waals surface area contributed by atoms with E-state index >= 15 is 0 Å². The summed E-state index contributed by atoms with van der Waals surface area (Å²) in [4.78, 5) is 12.0. The highest BCUT2D eigenvalue weighted by molar-refractivity contribution is 7.90. The number of hydrogen-bond donors (Lipinski definition) is 0. The van der Waals surface area contributed by atoms with Gasteiger partial charge in [0.15, 0.2) is 9.84 Å². The molecule has 2 aromatic carbocycles. The normalized spacial score (nSPS) is 10.9. The summed E-state index contributed by atoms with van der Waals surface area (Å²) in [6, 6.07) is 12.6. The van der Waals surface area contributed by atoms with Crippen LogP contribution in [0.1, 0.15) is 10.4 Å². The molecule has 2 aromatic rings. The molecular weight excluding hydrogens is 332 g/mol. The molecule has 0 saturated heterocycles. The second kappa shape index (κ2) is 7.83. The number of ether oxygens (including phenoxy) is 3. The van der Waals surface area contributed by atoms with Crippen LogP contribution < -0.4 is 9.47 Å². The fourth-order valence-electron chi connectivity index (χ4n) is 1.89. The molecule has 0 unspecified atom stereocenters. The summed E-state index contributed by atoms with van der Waals surface area (Å²) in [5.74, 6) is 0.837. The molecule has 0 atom stereocenters. The van der Waals surface area contributed by atoms with E-state index in [9.17, 15) is 13.2 Å². The highest BCUT2D eigenvalue weighted by atomic mass is 32.2. The van der Waals surface area contributed by atoms with E-state index in [0.29, 0.717) is 5.75 Å². The van der Waals surface area contributed by atoms with E-state index in [1.807, 2.05) is 0 Å². The topological polar surface area (TPSA) is 78.9 Å². The highest BCUT2D eigenvalue weighted by Gasteiger charge is 2.10. The fourth-order valence-corrected chi connectivity index (χ4v) is 2.52. The molecule has 7 heteroatoms. The lowest BCUT2D eigenvalue weighted by Gasteiger charge is -2.08. The van der Waals surface area contributed by atoms with Crippen molar-refractivity contribution in [2.75, 3.05) is 26.6 Å². The number of carbonyl (C=O) groups is 1. The molecule has 6 nitrogen and oxygen atoms in total. The summed E-state index contributed by atoms with van der Waals surface area (Å²) in [7, 11) is -1.70.